The van der Waals surface area contributed by atoms with Gasteiger partial charge in [0.2, 0.25) is 0 Å². The van der Waals surface area contributed by atoms with Crippen LogP contribution in [0.25, 0.3) is 0 Å². The van der Waals surface area contributed by atoms with E-state index in [-0.39, 0.29) is 11.6 Å². The molecule has 1 aliphatic rings. The zero-order valence-corrected chi connectivity index (χ0v) is 23.0. The van der Waals surface area contributed by atoms with E-state index in [9.17, 15) is 4.79 Å². The van der Waals surface area contributed by atoms with Crippen molar-refractivity contribution in [3.05, 3.63) is 34.4 Å². The lowest BCUT2D eigenvalue weighted by Crippen LogP contribution is -2.36. The fraction of sp³-hybridized carbons (Fsp3) is 0.710. The van der Waals surface area contributed by atoms with Crippen molar-refractivity contribution in [1.82, 2.24) is 0 Å². The Labute approximate surface area is 209 Å². The van der Waals surface area contributed by atoms with Crippen LogP contribution in [-0.4, -0.2) is 11.6 Å². The Balaban J connectivity index is 1.71. The fourth-order valence-electron chi connectivity index (χ4n) is 5.10. The molecule has 192 valence electrons. The molecule has 1 heterocycles. The summed E-state index contributed by atoms with van der Waals surface area (Å²) < 4.78 is 12.1. The van der Waals surface area contributed by atoms with E-state index in [1.807, 2.05) is 13.8 Å². The first-order valence-corrected chi connectivity index (χ1v) is 13.9. The Kier molecular flexibility index (Phi) is 12.2. The number of hydrogen-bond acceptors (Lipinski definition) is 3. The highest BCUT2D eigenvalue weighted by atomic mass is 16.5. The number of allylic oxidation sites excluding steroid dienone is 1. The first-order valence-electron chi connectivity index (χ1n) is 13.9. The molecule has 34 heavy (non-hydrogen) atoms. The number of carbonyl (C=O) groups excluding carboxylic acids is 1. The summed E-state index contributed by atoms with van der Waals surface area (Å²) in [6.07, 6.45) is 24.0. The summed E-state index contributed by atoms with van der Waals surface area (Å²) in [5.74, 6) is 1.44. The largest absolute Gasteiger partial charge is 0.487 e. The number of carbonyl (C=O) groups is 1. The van der Waals surface area contributed by atoms with Crippen molar-refractivity contribution in [1.29, 1.82) is 0 Å². The summed E-state index contributed by atoms with van der Waals surface area (Å²) in [6.45, 7) is 12.1. The predicted octanol–water partition coefficient (Wildman–Crippen LogP) is 9.27. The molecule has 0 N–H and O–H groups in total. The number of unbranched alkanes of at least 4 members (excludes halogenated alkanes) is 11. The highest BCUT2D eigenvalue weighted by molar-refractivity contribution is 5.72. The molecule has 1 aromatic rings. The molecule has 1 atom stereocenters. The minimum atomic E-state index is -0.268. The van der Waals surface area contributed by atoms with Gasteiger partial charge in [-0.3, -0.25) is 4.79 Å². The Bertz CT molecular complexity index is 808. The monoisotopic (exact) mass is 470 g/mol. The van der Waals surface area contributed by atoms with Gasteiger partial charge >= 0.3 is 5.97 Å². The minimum absolute atomic E-state index is 0.173. The number of rotatable bonds is 15. The van der Waals surface area contributed by atoms with Gasteiger partial charge in [0, 0.05) is 18.9 Å². The minimum Gasteiger partial charge on any atom is -0.487 e. The van der Waals surface area contributed by atoms with Gasteiger partial charge in [-0.15, -0.1) is 0 Å². The molecule has 3 nitrogen and oxygen atoms in total. The summed E-state index contributed by atoms with van der Waals surface area (Å²) in [5.41, 5.74) is 4.16. The van der Waals surface area contributed by atoms with Gasteiger partial charge in [-0.25, -0.2) is 0 Å². The normalized spacial score (nSPS) is 17.6. The van der Waals surface area contributed by atoms with Gasteiger partial charge in [0.15, 0.2) is 0 Å². The third-order valence-electron chi connectivity index (χ3n) is 7.50. The second kappa shape index (κ2) is 14.6. The lowest BCUT2D eigenvalue weighted by Gasteiger charge is -2.37. The van der Waals surface area contributed by atoms with E-state index >= 15 is 0 Å². The smallest absolute Gasteiger partial charge is 0.308 e. The summed E-state index contributed by atoms with van der Waals surface area (Å²) in [7, 11) is 0. The molecule has 2 rings (SSSR count). The van der Waals surface area contributed by atoms with Crippen molar-refractivity contribution in [2.75, 3.05) is 0 Å². The van der Waals surface area contributed by atoms with Crippen molar-refractivity contribution in [3.63, 3.8) is 0 Å². The molecule has 0 bridgehead atoms. The van der Waals surface area contributed by atoms with Gasteiger partial charge in [0.05, 0.1) is 0 Å². The number of esters is 1. The zero-order valence-electron chi connectivity index (χ0n) is 23.0. The van der Waals surface area contributed by atoms with E-state index in [0.29, 0.717) is 5.75 Å². The third kappa shape index (κ3) is 8.78. The van der Waals surface area contributed by atoms with E-state index in [1.54, 1.807) is 0 Å². The lowest BCUT2D eigenvalue weighted by molar-refractivity contribution is -0.132. The third-order valence-corrected chi connectivity index (χ3v) is 7.50. The molecule has 1 aliphatic heterocycles. The summed E-state index contributed by atoms with van der Waals surface area (Å²) >= 11 is 0. The number of ether oxygens (including phenoxy) is 2. The maximum absolute atomic E-state index is 11.6. The number of benzene rings is 1. The molecule has 0 amide bonds. The Hall–Kier alpha value is -1.77. The Morgan fingerprint density at radius 3 is 2.06 bits per heavy atom. The summed E-state index contributed by atoms with van der Waals surface area (Å²) in [4.78, 5) is 11.6. The van der Waals surface area contributed by atoms with Crippen LogP contribution < -0.4 is 9.47 Å². The molecule has 3 heteroatoms. The van der Waals surface area contributed by atoms with Gasteiger partial charge in [-0.05, 0) is 70.1 Å². The standard InChI is InChI=1S/C31H50O3/c1-7-8-9-10-11-12-13-14-15-16-17-18-19-20-22-31(6)23-21-28-26(4)29(33-27(5)32)24(2)25(3)30(28)34-31/h19-20H,7-18,21-23H2,1-6H3/t31-/m1/s1. The molecule has 0 unspecified atom stereocenters. The van der Waals surface area contributed by atoms with Gasteiger partial charge in [-0.2, -0.15) is 0 Å². The van der Waals surface area contributed by atoms with Crippen LogP contribution >= 0.6 is 0 Å². The summed E-state index contributed by atoms with van der Waals surface area (Å²) in [5, 5.41) is 0. The maximum atomic E-state index is 11.6. The van der Waals surface area contributed by atoms with Crippen molar-refractivity contribution >= 4 is 5.97 Å². The van der Waals surface area contributed by atoms with Crippen molar-refractivity contribution < 1.29 is 14.3 Å². The predicted molar refractivity (Wildman–Crippen MR) is 144 cm³/mol. The van der Waals surface area contributed by atoms with E-state index in [2.05, 4.69) is 32.9 Å². The van der Waals surface area contributed by atoms with Crippen LogP contribution in [0.3, 0.4) is 0 Å². The average Bonchev–Trinajstić information content (AvgIpc) is 2.80. The van der Waals surface area contributed by atoms with Crippen LogP contribution in [0.15, 0.2) is 12.2 Å². The lowest BCUT2D eigenvalue weighted by atomic mass is 9.85. The van der Waals surface area contributed by atoms with Crippen molar-refractivity contribution in [3.8, 4) is 11.5 Å². The first kappa shape index (κ1) is 28.5. The topological polar surface area (TPSA) is 35.5 Å². The second-order valence-corrected chi connectivity index (χ2v) is 10.7. The van der Waals surface area contributed by atoms with Gasteiger partial charge in [0.25, 0.3) is 0 Å². The molecule has 0 fully saturated rings. The SMILES string of the molecule is CCCCCCCCCCCCCC=CC[C@]1(C)CCc2c(C)c(OC(C)=O)c(C)c(C)c2O1. The molecule has 0 aliphatic carbocycles. The van der Waals surface area contributed by atoms with Crippen LogP contribution in [0.4, 0.5) is 0 Å². The molecule has 0 spiro atoms. The summed E-state index contributed by atoms with van der Waals surface area (Å²) in [6, 6.07) is 0. The van der Waals surface area contributed by atoms with Gasteiger partial charge in [-0.1, -0.05) is 83.3 Å². The average molecular weight is 471 g/mol. The Morgan fingerprint density at radius 1 is 0.882 bits per heavy atom. The van der Waals surface area contributed by atoms with E-state index in [4.69, 9.17) is 9.47 Å². The van der Waals surface area contributed by atoms with Crippen LogP contribution in [0.2, 0.25) is 0 Å². The quantitative estimate of drug-likeness (QED) is 0.111. The zero-order chi connectivity index (χ0) is 25.0. The van der Waals surface area contributed by atoms with Crippen LogP contribution in [0.1, 0.15) is 133 Å². The molecule has 0 saturated carbocycles. The van der Waals surface area contributed by atoms with E-state index in [1.165, 1.54) is 89.5 Å². The van der Waals surface area contributed by atoms with Crippen LogP contribution in [0.5, 0.6) is 11.5 Å². The maximum Gasteiger partial charge on any atom is 0.308 e. The highest BCUT2D eigenvalue weighted by Crippen LogP contribution is 2.44. The van der Waals surface area contributed by atoms with E-state index in [0.717, 1.165) is 41.7 Å². The van der Waals surface area contributed by atoms with E-state index < -0.39 is 0 Å². The van der Waals surface area contributed by atoms with Crippen LogP contribution in [0, 0.1) is 20.8 Å². The fourth-order valence-corrected chi connectivity index (χ4v) is 5.10. The van der Waals surface area contributed by atoms with Crippen molar-refractivity contribution in [2.45, 2.75) is 143 Å². The molecular weight excluding hydrogens is 420 g/mol. The first-order chi connectivity index (χ1) is 16.3. The molecule has 0 aromatic heterocycles. The van der Waals surface area contributed by atoms with Gasteiger partial charge in [0.1, 0.15) is 17.1 Å². The van der Waals surface area contributed by atoms with Crippen LogP contribution in [-0.2, 0) is 11.2 Å². The molecular formula is C31H50O3. The Morgan fingerprint density at radius 2 is 1.47 bits per heavy atom. The highest BCUT2D eigenvalue weighted by Gasteiger charge is 2.34. The molecule has 0 saturated heterocycles. The van der Waals surface area contributed by atoms with Crippen molar-refractivity contribution in [2.24, 2.45) is 0 Å². The second-order valence-electron chi connectivity index (χ2n) is 10.7. The van der Waals surface area contributed by atoms with Gasteiger partial charge < -0.3 is 9.47 Å². The molecule has 0 radical (unpaired) electrons. The molecule has 1 aromatic carbocycles. The number of hydrogen-bond donors (Lipinski definition) is 0. The number of fused-ring (bicyclic) bond motifs is 1.